The van der Waals surface area contributed by atoms with Crippen LogP contribution in [0, 0.1) is 20.8 Å². The predicted octanol–water partition coefficient (Wildman–Crippen LogP) is 8.40. The van der Waals surface area contributed by atoms with Crippen molar-refractivity contribution in [2.75, 3.05) is 75.3 Å². The fourth-order valence-corrected chi connectivity index (χ4v) is 8.75. The molecule has 0 unspecified atom stereocenters. The first-order chi connectivity index (χ1) is 29.8. The Balaban J connectivity index is 0.724. The zero-order chi connectivity index (χ0) is 42.1. The van der Waals surface area contributed by atoms with E-state index in [-0.39, 0.29) is 12.3 Å². The highest BCUT2D eigenvalue weighted by atomic mass is 35.5. The summed E-state index contributed by atoms with van der Waals surface area (Å²) in [6.07, 6.45) is 2.92. The largest absolute Gasteiger partial charge is 0.491 e. The molecular weight excluding hydrogens is 812 g/mol. The van der Waals surface area contributed by atoms with Gasteiger partial charge in [-0.3, -0.25) is 14.4 Å². The van der Waals surface area contributed by atoms with Crippen LogP contribution in [-0.2, 0) is 25.4 Å². The minimum atomic E-state index is -0.563. The molecule has 15 heteroatoms. The highest BCUT2D eigenvalue weighted by molar-refractivity contribution is 7.15. The molecule has 0 spiro atoms. The SMILES string of the molecule is Cc1sc2c(c1C)C(c1ccc(Cl)cc1)=N[C@@H](CC(=O)Nc1ccc(OCCOCCOCCOCCNc3ncccc3-c3ccc4c(c3)CCN4)cc1)c1nnc(C)n1-2. The van der Waals surface area contributed by atoms with Crippen LogP contribution in [0.5, 0.6) is 5.75 Å². The number of rotatable bonds is 19. The van der Waals surface area contributed by atoms with Crippen LogP contribution < -0.4 is 20.7 Å². The number of halogens is 1. The minimum absolute atomic E-state index is 0.0780. The van der Waals surface area contributed by atoms with Gasteiger partial charge in [0, 0.05) is 57.3 Å². The second-order valence-corrected chi connectivity index (χ2v) is 16.4. The number of benzene rings is 3. The van der Waals surface area contributed by atoms with Crippen LogP contribution in [0.2, 0.25) is 5.02 Å². The van der Waals surface area contributed by atoms with Crippen LogP contribution in [0.15, 0.2) is 90.1 Å². The maximum absolute atomic E-state index is 13.5. The Bertz CT molecular complexity index is 2490. The summed E-state index contributed by atoms with van der Waals surface area (Å²) in [5, 5.41) is 20.4. The van der Waals surface area contributed by atoms with Crippen LogP contribution >= 0.6 is 22.9 Å². The van der Waals surface area contributed by atoms with Gasteiger partial charge < -0.3 is 34.9 Å². The van der Waals surface area contributed by atoms with Crippen molar-refractivity contribution >= 4 is 51.7 Å². The molecule has 6 aromatic rings. The summed E-state index contributed by atoms with van der Waals surface area (Å²) in [4.78, 5) is 24.5. The lowest BCUT2D eigenvalue weighted by molar-refractivity contribution is -0.116. The standard InChI is InChI=1S/C46H49ClN8O5S/c1-29-30(2)61-46-42(29)43(32-6-9-35(47)10-7-32)52-40(45-54-53-31(3)55(45)46)28-41(56)51-36-11-13-37(14-12-36)60-26-25-59-24-23-58-22-21-57-20-19-50-44-38(5-4-17-49-44)33-8-15-39-34(27-33)16-18-48-39/h4-15,17,27,40,48H,16,18-26,28H2,1-3H3,(H,49,50)(H,51,56)/t40-/m0/s1. The quantitative estimate of drug-likeness (QED) is 0.0679. The molecule has 0 saturated carbocycles. The van der Waals surface area contributed by atoms with Gasteiger partial charge in [0.15, 0.2) is 5.82 Å². The minimum Gasteiger partial charge on any atom is -0.491 e. The predicted molar refractivity (Wildman–Crippen MR) is 241 cm³/mol. The summed E-state index contributed by atoms with van der Waals surface area (Å²) in [5.74, 6) is 2.70. The molecule has 0 aliphatic carbocycles. The van der Waals surface area contributed by atoms with E-state index in [1.165, 1.54) is 16.1 Å². The Morgan fingerprint density at radius 1 is 0.885 bits per heavy atom. The zero-order valence-electron chi connectivity index (χ0n) is 34.5. The number of hydrogen-bond acceptors (Lipinski definition) is 12. The van der Waals surface area contributed by atoms with E-state index in [1.54, 1.807) is 17.5 Å². The van der Waals surface area contributed by atoms with E-state index in [0.29, 0.717) is 75.1 Å². The van der Waals surface area contributed by atoms with Gasteiger partial charge in [-0.15, -0.1) is 21.5 Å². The summed E-state index contributed by atoms with van der Waals surface area (Å²) in [5.41, 5.74) is 9.34. The summed E-state index contributed by atoms with van der Waals surface area (Å²) < 4.78 is 25.0. The highest BCUT2D eigenvalue weighted by Crippen LogP contribution is 2.40. The maximum Gasteiger partial charge on any atom is 0.227 e. The van der Waals surface area contributed by atoms with E-state index < -0.39 is 6.04 Å². The number of pyridine rings is 1. The summed E-state index contributed by atoms with van der Waals surface area (Å²) in [6, 6.07) is 24.9. The van der Waals surface area contributed by atoms with Crippen molar-refractivity contribution in [1.82, 2.24) is 19.7 Å². The highest BCUT2D eigenvalue weighted by Gasteiger charge is 2.32. The molecule has 3 aromatic heterocycles. The van der Waals surface area contributed by atoms with Crippen LogP contribution in [0.1, 0.15) is 51.2 Å². The van der Waals surface area contributed by atoms with Crippen molar-refractivity contribution in [2.24, 2.45) is 4.99 Å². The van der Waals surface area contributed by atoms with Gasteiger partial charge in [-0.2, -0.15) is 0 Å². The second kappa shape index (κ2) is 19.8. The summed E-state index contributed by atoms with van der Waals surface area (Å²) >= 11 is 7.92. The number of hydrogen-bond donors (Lipinski definition) is 3. The number of nitrogens with zero attached hydrogens (tertiary/aromatic N) is 5. The first kappa shape index (κ1) is 42.1. The molecule has 3 aromatic carbocycles. The summed E-state index contributed by atoms with van der Waals surface area (Å²) in [7, 11) is 0. The number of carbonyl (C=O) groups excluding carboxylic acids is 1. The van der Waals surface area contributed by atoms with E-state index in [4.69, 9.17) is 35.5 Å². The average Bonchev–Trinajstić information content (AvgIpc) is 3.96. The molecule has 0 radical (unpaired) electrons. The Kier molecular flexibility index (Phi) is 13.7. The van der Waals surface area contributed by atoms with Crippen molar-refractivity contribution in [3.63, 3.8) is 0 Å². The number of aryl methyl sites for hydroxylation is 2. The molecule has 5 heterocycles. The average molecular weight is 861 g/mol. The van der Waals surface area contributed by atoms with Crippen LogP contribution in [0.3, 0.4) is 0 Å². The number of ether oxygens (including phenoxy) is 4. The molecule has 3 N–H and O–H groups in total. The molecule has 0 bridgehead atoms. The second-order valence-electron chi connectivity index (χ2n) is 14.7. The molecule has 8 rings (SSSR count). The number of thiophene rings is 1. The van der Waals surface area contributed by atoms with Gasteiger partial charge in [0.2, 0.25) is 5.91 Å². The van der Waals surface area contributed by atoms with Gasteiger partial charge in [0.05, 0.1) is 51.8 Å². The Labute approximate surface area is 364 Å². The van der Waals surface area contributed by atoms with Crippen molar-refractivity contribution in [3.05, 3.63) is 129 Å². The molecule has 1 atom stereocenters. The molecule has 0 saturated heterocycles. The Morgan fingerprint density at radius 2 is 1.62 bits per heavy atom. The number of anilines is 3. The maximum atomic E-state index is 13.5. The third kappa shape index (κ3) is 10.1. The monoisotopic (exact) mass is 860 g/mol. The third-order valence-electron chi connectivity index (χ3n) is 10.6. The van der Waals surface area contributed by atoms with E-state index in [2.05, 4.69) is 69.2 Å². The molecule has 316 valence electrons. The van der Waals surface area contributed by atoms with Crippen molar-refractivity contribution in [1.29, 1.82) is 0 Å². The zero-order valence-corrected chi connectivity index (χ0v) is 36.1. The number of aliphatic imine (C=N–C) groups is 1. The van der Waals surface area contributed by atoms with Crippen LogP contribution in [-0.4, -0.2) is 90.7 Å². The van der Waals surface area contributed by atoms with E-state index in [0.717, 1.165) is 63.1 Å². The van der Waals surface area contributed by atoms with Crippen LogP contribution in [0.4, 0.5) is 17.2 Å². The normalized spacial score (nSPS) is 14.0. The van der Waals surface area contributed by atoms with Gasteiger partial charge in [0.25, 0.3) is 0 Å². The number of nitrogens with one attached hydrogen (secondary N) is 3. The van der Waals surface area contributed by atoms with Crippen molar-refractivity contribution in [2.45, 2.75) is 39.7 Å². The molecule has 0 fully saturated rings. The van der Waals surface area contributed by atoms with Gasteiger partial charge >= 0.3 is 0 Å². The molecular formula is C46H49ClN8O5S. The third-order valence-corrected chi connectivity index (χ3v) is 12.0. The smallest absolute Gasteiger partial charge is 0.227 e. The molecule has 13 nitrogen and oxygen atoms in total. The first-order valence-corrected chi connectivity index (χ1v) is 21.7. The van der Waals surface area contributed by atoms with E-state index in [9.17, 15) is 4.79 Å². The van der Waals surface area contributed by atoms with E-state index in [1.807, 2.05) is 66.1 Å². The molecule has 1 amide bonds. The topological polar surface area (TPSA) is 146 Å². The fraction of sp³-hybridized carbons (Fsp3) is 0.326. The number of fused-ring (bicyclic) bond motifs is 4. The Hall–Kier alpha value is -5.64. The number of amides is 1. The fourth-order valence-electron chi connectivity index (χ4n) is 7.41. The lowest BCUT2D eigenvalue weighted by Crippen LogP contribution is -2.17. The van der Waals surface area contributed by atoms with Crippen molar-refractivity contribution < 1.29 is 23.7 Å². The number of carbonyl (C=O) groups is 1. The molecule has 2 aliphatic rings. The molecule has 61 heavy (non-hydrogen) atoms. The number of aromatic nitrogens is 4. The molecule has 2 aliphatic heterocycles. The van der Waals surface area contributed by atoms with Gasteiger partial charge in [-0.25, -0.2) is 4.98 Å². The van der Waals surface area contributed by atoms with Gasteiger partial charge in [0.1, 0.15) is 35.0 Å². The Morgan fingerprint density at radius 3 is 2.41 bits per heavy atom. The lowest BCUT2D eigenvalue weighted by Gasteiger charge is -2.13. The van der Waals surface area contributed by atoms with Gasteiger partial charge in [-0.05, 0) is 105 Å². The lowest BCUT2D eigenvalue weighted by atomic mass is 9.99. The van der Waals surface area contributed by atoms with Crippen molar-refractivity contribution in [3.8, 4) is 21.9 Å². The van der Waals surface area contributed by atoms with Gasteiger partial charge in [-0.1, -0.05) is 29.8 Å². The summed E-state index contributed by atoms with van der Waals surface area (Å²) in [6.45, 7) is 11.0. The first-order valence-electron chi connectivity index (χ1n) is 20.5. The van der Waals surface area contributed by atoms with E-state index >= 15 is 0 Å². The van der Waals surface area contributed by atoms with Crippen LogP contribution in [0.25, 0.3) is 16.1 Å².